The first kappa shape index (κ1) is 14.5. The van der Waals surface area contributed by atoms with Gasteiger partial charge in [0.05, 0.1) is 0 Å². The molecule has 1 unspecified atom stereocenters. The number of ketones is 1. The number of carbonyl (C=O) groups excluding carboxylic acids is 1. The summed E-state index contributed by atoms with van der Waals surface area (Å²) < 4.78 is 39.2. The van der Waals surface area contributed by atoms with Gasteiger partial charge in [0, 0.05) is 13.0 Å². The number of carbonyl (C=O) groups is 1. The highest BCUT2D eigenvalue weighted by atomic mass is 19.4. The molecule has 1 rings (SSSR count). The Balaban J connectivity index is 2.82. The average molecular weight is 251 g/mol. The van der Waals surface area contributed by atoms with Crippen molar-refractivity contribution in [2.24, 2.45) is 11.3 Å². The molecule has 0 spiro atoms. The van der Waals surface area contributed by atoms with Crippen LogP contribution in [0.1, 0.15) is 39.5 Å². The van der Waals surface area contributed by atoms with Gasteiger partial charge in [0.15, 0.2) is 0 Å². The molecule has 2 nitrogen and oxygen atoms in total. The first-order valence-electron chi connectivity index (χ1n) is 6.18. The second kappa shape index (κ2) is 5.38. The molecule has 0 amide bonds. The molecule has 1 atom stereocenters. The van der Waals surface area contributed by atoms with Crippen molar-refractivity contribution in [3.05, 3.63) is 0 Å². The van der Waals surface area contributed by atoms with Gasteiger partial charge in [-0.15, -0.1) is 0 Å². The zero-order valence-corrected chi connectivity index (χ0v) is 10.4. The van der Waals surface area contributed by atoms with E-state index in [9.17, 15) is 18.0 Å². The van der Waals surface area contributed by atoms with Crippen LogP contribution in [0.3, 0.4) is 0 Å². The lowest BCUT2D eigenvalue weighted by Gasteiger charge is -2.30. The summed E-state index contributed by atoms with van der Waals surface area (Å²) in [6.07, 6.45) is -2.99. The maximum atomic E-state index is 13.1. The van der Waals surface area contributed by atoms with Gasteiger partial charge in [0.2, 0.25) is 0 Å². The molecule has 100 valence electrons. The third-order valence-electron chi connectivity index (χ3n) is 3.86. The van der Waals surface area contributed by atoms with Gasteiger partial charge in [-0.25, -0.2) is 0 Å². The Bertz CT molecular complexity index is 265. The minimum Gasteiger partial charge on any atom is -0.315 e. The lowest BCUT2D eigenvalue weighted by molar-refractivity contribution is -0.215. The van der Waals surface area contributed by atoms with Crippen molar-refractivity contribution in [1.29, 1.82) is 0 Å². The lowest BCUT2D eigenvalue weighted by Crippen LogP contribution is -2.47. The first-order chi connectivity index (χ1) is 7.87. The number of Topliss-reactive ketones (excluding diaryl/α,β-unsaturated/α-hetero) is 1. The molecule has 1 aliphatic rings. The number of nitrogens with one attached hydrogen (secondary N) is 1. The van der Waals surface area contributed by atoms with Crippen LogP contribution in [-0.2, 0) is 4.79 Å². The Morgan fingerprint density at radius 2 is 1.94 bits per heavy atom. The summed E-state index contributed by atoms with van der Waals surface area (Å²) in [4.78, 5) is 12.0. The van der Waals surface area contributed by atoms with Gasteiger partial charge in [0.25, 0.3) is 0 Å². The van der Waals surface area contributed by atoms with Gasteiger partial charge >= 0.3 is 6.18 Å². The van der Waals surface area contributed by atoms with Crippen LogP contribution in [0.15, 0.2) is 0 Å². The van der Waals surface area contributed by atoms with Gasteiger partial charge in [0.1, 0.15) is 11.2 Å². The molecule has 0 aromatic carbocycles. The van der Waals surface area contributed by atoms with E-state index in [1.54, 1.807) is 0 Å². The maximum absolute atomic E-state index is 13.1. The lowest BCUT2D eigenvalue weighted by atomic mass is 9.77. The van der Waals surface area contributed by atoms with Crippen molar-refractivity contribution < 1.29 is 18.0 Å². The van der Waals surface area contributed by atoms with E-state index < -0.39 is 17.4 Å². The summed E-state index contributed by atoms with van der Waals surface area (Å²) >= 11 is 0. The predicted molar refractivity (Wildman–Crippen MR) is 59.7 cm³/mol. The average Bonchev–Trinajstić information content (AvgIpc) is 2.74. The van der Waals surface area contributed by atoms with Crippen LogP contribution in [0.2, 0.25) is 0 Å². The molecule has 0 aliphatic carbocycles. The van der Waals surface area contributed by atoms with Gasteiger partial charge in [-0.2, -0.15) is 13.2 Å². The normalized spacial score (nSPS) is 25.5. The van der Waals surface area contributed by atoms with Gasteiger partial charge in [-0.05, 0) is 18.9 Å². The second-order valence-corrected chi connectivity index (χ2v) is 4.82. The maximum Gasteiger partial charge on any atom is 0.402 e. The molecule has 1 saturated heterocycles. The summed E-state index contributed by atoms with van der Waals surface area (Å²) in [6, 6.07) is 0. The van der Waals surface area contributed by atoms with E-state index in [1.807, 2.05) is 13.8 Å². The SMILES string of the molecule is CCC(CC)CC(=O)C1(C(F)(F)F)CCNC1. The molecule has 1 fully saturated rings. The Kier molecular flexibility index (Phi) is 4.58. The zero-order valence-electron chi connectivity index (χ0n) is 10.4. The summed E-state index contributed by atoms with van der Waals surface area (Å²) in [6.45, 7) is 3.84. The van der Waals surface area contributed by atoms with Crippen LogP contribution < -0.4 is 5.32 Å². The topological polar surface area (TPSA) is 29.1 Å². The Morgan fingerprint density at radius 3 is 2.29 bits per heavy atom. The molecule has 17 heavy (non-hydrogen) atoms. The van der Waals surface area contributed by atoms with Crippen LogP contribution in [0, 0.1) is 11.3 Å². The van der Waals surface area contributed by atoms with E-state index in [4.69, 9.17) is 0 Å². The molecule has 5 heteroatoms. The summed E-state index contributed by atoms with van der Waals surface area (Å²) in [5, 5.41) is 2.67. The Hall–Kier alpha value is -0.580. The fourth-order valence-corrected chi connectivity index (χ4v) is 2.36. The highest BCUT2D eigenvalue weighted by Gasteiger charge is 2.60. The minimum absolute atomic E-state index is 0.0498. The first-order valence-corrected chi connectivity index (χ1v) is 6.18. The highest BCUT2D eigenvalue weighted by molar-refractivity contribution is 5.86. The quantitative estimate of drug-likeness (QED) is 0.814. The number of hydrogen-bond donors (Lipinski definition) is 1. The number of hydrogen-bond acceptors (Lipinski definition) is 2. The number of halogens is 3. The van der Waals surface area contributed by atoms with E-state index >= 15 is 0 Å². The second-order valence-electron chi connectivity index (χ2n) is 4.82. The van der Waals surface area contributed by atoms with Crippen LogP contribution in [0.4, 0.5) is 13.2 Å². The molecule has 1 aliphatic heterocycles. The summed E-state index contributed by atoms with van der Waals surface area (Å²) in [5.41, 5.74) is -2.13. The monoisotopic (exact) mass is 251 g/mol. The van der Waals surface area contributed by atoms with Crippen molar-refractivity contribution in [3.63, 3.8) is 0 Å². The third-order valence-corrected chi connectivity index (χ3v) is 3.86. The molecule has 0 saturated carbocycles. The number of alkyl halides is 3. The Morgan fingerprint density at radius 1 is 1.35 bits per heavy atom. The molecule has 0 aromatic rings. The summed E-state index contributed by atoms with van der Waals surface area (Å²) in [7, 11) is 0. The van der Waals surface area contributed by atoms with Crippen molar-refractivity contribution in [1.82, 2.24) is 5.32 Å². The zero-order chi connectivity index (χ0) is 13.1. The smallest absolute Gasteiger partial charge is 0.315 e. The van der Waals surface area contributed by atoms with Crippen LogP contribution >= 0.6 is 0 Å². The van der Waals surface area contributed by atoms with Gasteiger partial charge in [-0.1, -0.05) is 26.7 Å². The van der Waals surface area contributed by atoms with E-state index in [-0.39, 0.29) is 31.8 Å². The highest BCUT2D eigenvalue weighted by Crippen LogP contribution is 2.45. The largest absolute Gasteiger partial charge is 0.402 e. The fourth-order valence-electron chi connectivity index (χ4n) is 2.36. The molecule has 1 heterocycles. The van der Waals surface area contributed by atoms with E-state index in [1.165, 1.54) is 0 Å². The van der Waals surface area contributed by atoms with Crippen molar-refractivity contribution in [3.8, 4) is 0 Å². The van der Waals surface area contributed by atoms with Crippen molar-refractivity contribution >= 4 is 5.78 Å². The molecular weight excluding hydrogens is 231 g/mol. The molecular formula is C12H20F3NO. The fraction of sp³-hybridized carbons (Fsp3) is 0.917. The van der Waals surface area contributed by atoms with Crippen molar-refractivity contribution in [2.45, 2.75) is 45.7 Å². The molecule has 0 radical (unpaired) electrons. The number of rotatable bonds is 5. The van der Waals surface area contributed by atoms with E-state index in [0.29, 0.717) is 0 Å². The van der Waals surface area contributed by atoms with E-state index in [2.05, 4.69) is 5.32 Å². The summed E-state index contributed by atoms with van der Waals surface area (Å²) in [5.74, 6) is -0.564. The third kappa shape index (κ3) is 2.81. The minimum atomic E-state index is -4.43. The van der Waals surface area contributed by atoms with Crippen LogP contribution in [0.5, 0.6) is 0 Å². The predicted octanol–water partition coefficient (Wildman–Crippen LogP) is 2.92. The van der Waals surface area contributed by atoms with E-state index in [0.717, 1.165) is 12.8 Å². The van der Waals surface area contributed by atoms with Gasteiger partial charge in [-0.3, -0.25) is 4.79 Å². The van der Waals surface area contributed by atoms with Crippen molar-refractivity contribution in [2.75, 3.05) is 13.1 Å². The standard InChI is InChI=1S/C12H20F3NO/c1-3-9(4-2)7-10(17)11(12(13,14)15)5-6-16-8-11/h9,16H,3-8H2,1-2H3. The Labute approximate surface area is 100.0 Å². The van der Waals surface area contributed by atoms with Crippen LogP contribution in [0.25, 0.3) is 0 Å². The molecule has 0 aromatic heterocycles. The molecule has 0 bridgehead atoms. The van der Waals surface area contributed by atoms with Crippen LogP contribution in [-0.4, -0.2) is 25.0 Å². The van der Waals surface area contributed by atoms with Gasteiger partial charge < -0.3 is 5.32 Å². The molecule has 1 N–H and O–H groups in total.